The van der Waals surface area contributed by atoms with E-state index in [1.807, 2.05) is 30.3 Å². The molecule has 0 radical (unpaired) electrons. The summed E-state index contributed by atoms with van der Waals surface area (Å²) in [6.07, 6.45) is 9.46. The van der Waals surface area contributed by atoms with E-state index < -0.39 is 0 Å². The summed E-state index contributed by atoms with van der Waals surface area (Å²) < 4.78 is 0. The highest BCUT2D eigenvalue weighted by Gasteiger charge is 2.50. The molecular weight excluding hydrogens is 485 g/mol. The molecule has 180 valence electrons. The zero-order chi connectivity index (χ0) is 24.5. The van der Waals surface area contributed by atoms with Crippen LogP contribution in [0.2, 0.25) is 10.0 Å². The number of benzene rings is 2. The molecule has 0 bridgehead atoms. The highest BCUT2D eigenvalue weighted by Crippen LogP contribution is 2.42. The number of nitrogens with zero attached hydrogens (tertiary/aromatic N) is 2. The molecule has 7 heteroatoms. The second-order valence-electron chi connectivity index (χ2n) is 10.2. The van der Waals surface area contributed by atoms with Gasteiger partial charge >= 0.3 is 0 Å². The van der Waals surface area contributed by atoms with Crippen LogP contribution in [0.25, 0.3) is 6.08 Å². The van der Waals surface area contributed by atoms with Gasteiger partial charge in [0, 0.05) is 21.8 Å². The van der Waals surface area contributed by atoms with Crippen LogP contribution in [0.4, 0.5) is 5.69 Å². The fourth-order valence-electron chi connectivity index (χ4n) is 4.82. The molecular formula is C27H31Cl2N3OS. The fourth-order valence-corrected chi connectivity index (χ4v) is 5.66. The average Bonchev–Trinajstić information content (AvgIpc) is 3.02. The largest absolute Gasteiger partial charge is 0.508 e. The third kappa shape index (κ3) is 5.12. The zero-order valence-corrected chi connectivity index (χ0v) is 22.1. The zero-order valence-electron chi connectivity index (χ0n) is 19.8. The van der Waals surface area contributed by atoms with Gasteiger partial charge in [0.1, 0.15) is 17.1 Å². The van der Waals surface area contributed by atoms with Crippen LogP contribution < -0.4 is 10.2 Å². The first-order valence-corrected chi connectivity index (χ1v) is 12.9. The van der Waals surface area contributed by atoms with Crippen molar-refractivity contribution in [2.45, 2.75) is 64.5 Å². The highest BCUT2D eigenvalue weighted by atomic mass is 35.5. The van der Waals surface area contributed by atoms with Gasteiger partial charge in [0.25, 0.3) is 0 Å². The van der Waals surface area contributed by atoms with Gasteiger partial charge < -0.3 is 15.3 Å². The first kappa shape index (κ1) is 25.0. The second kappa shape index (κ2) is 9.88. The topological polar surface area (TPSA) is 47.9 Å². The predicted molar refractivity (Wildman–Crippen MR) is 148 cm³/mol. The number of halogens is 2. The maximum atomic E-state index is 10.1. The van der Waals surface area contributed by atoms with E-state index in [-0.39, 0.29) is 22.7 Å². The van der Waals surface area contributed by atoms with Crippen LogP contribution in [0, 0.1) is 5.41 Å². The Hall–Kier alpha value is -2.08. The molecule has 2 aromatic rings. The Balaban J connectivity index is 1.75. The SMILES string of the molecule is CC(C)(C)C(C=Cc1ccc(Cl)cc1Cl)N=C1NC(=S)N(c2cccc(O)c2)C12CCCCC2. The van der Waals surface area contributed by atoms with Crippen molar-refractivity contribution in [2.24, 2.45) is 10.4 Å². The number of phenols is 1. The van der Waals surface area contributed by atoms with Gasteiger partial charge in [-0.05, 0) is 60.3 Å². The van der Waals surface area contributed by atoms with Gasteiger partial charge in [-0.1, -0.05) is 87.5 Å². The Labute approximate surface area is 217 Å². The van der Waals surface area contributed by atoms with Gasteiger partial charge in [0.2, 0.25) is 0 Å². The molecule has 2 fully saturated rings. The van der Waals surface area contributed by atoms with Gasteiger partial charge in [0.05, 0.1) is 6.04 Å². The Kier molecular flexibility index (Phi) is 7.28. The van der Waals surface area contributed by atoms with Gasteiger partial charge in [-0.3, -0.25) is 4.99 Å². The summed E-state index contributed by atoms with van der Waals surface area (Å²) >= 11 is 18.3. The van der Waals surface area contributed by atoms with E-state index in [1.54, 1.807) is 18.2 Å². The maximum Gasteiger partial charge on any atom is 0.179 e. The number of nitrogens with one attached hydrogen (secondary N) is 1. The molecule has 1 aliphatic carbocycles. The fraction of sp³-hybridized carbons (Fsp3) is 0.407. The quantitative estimate of drug-likeness (QED) is 0.411. The standard InChI is InChI=1S/C27H31Cl2N3OS/c1-26(2,3)23(13-11-18-10-12-19(28)16-22(18)29)30-24-27(14-5-4-6-15-27)32(25(34)31-24)20-8-7-9-21(33)17-20/h7-13,16-17,23,33H,4-6,14-15H2,1-3H3,(H,30,31,34). The summed E-state index contributed by atoms with van der Waals surface area (Å²) in [5.74, 6) is 1.14. The van der Waals surface area contributed by atoms with E-state index in [9.17, 15) is 5.11 Å². The molecule has 4 rings (SSSR count). The van der Waals surface area contributed by atoms with Gasteiger partial charge in [-0.2, -0.15) is 0 Å². The minimum Gasteiger partial charge on any atom is -0.508 e. The molecule has 34 heavy (non-hydrogen) atoms. The molecule has 0 amide bonds. The molecule has 4 nitrogen and oxygen atoms in total. The summed E-state index contributed by atoms with van der Waals surface area (Å²) in [7, 11) is 0. The van der Waals surface area contributed by atoms with Crippen molar-refractivity contribution in [2.75, 3.05) is 4.90 Å². The lowest BCUT2D eigenvalue weighted by Crippen LogP contribution is -2.51. The molecule has 1 atom stereocenters. The summed E-state index contributed by atoms with van der Waals surface area (Å²) in [6.45, 7) is 6.55. The average molecular weight is 517 g/mol. The predicted octanol–water partition coefficient (Wildman–Crippen LogP) is 7.62. The molecule has 1 aliphatic heterocycles. The Morgan fingerprint density at radius 3 is 2.50 bits per heavy atom. The van der Waals surface area contributed by atoms with E-state index in [2.05, 4.69) is 37.1 Å². The normalized spacial score (nSPS) is 20.3. The van der Waals surface area contributed by atoms with Crippen molar-refractivity contribution in [3.63, 3.8) is 0 Å². The van der Waals surface area contributed by atoms with Crippen molar-refractivity contribution in [3.05, 3.63) is 64.1 Å². The molecule has 1 unspecified atom stereocenters. The van der Waals surface area contributed by atoms with Crippen molar-refractivity contribution in [1.82, 2.24) is 5.32 Å². The minimum absolute atomic E-state index is 0.104. The van der Waals surface area contributed by atoms with Gasteiger partial charge in [-0.15, -0.1) is 0 Å². The number of thiocarbonyl (C=S) groups is 1. The summed E-state index contributed by atoms with van der Waals surface area (Å²) in [5, 5.41) is 15.4. The number of rotatable bonds is 4. The third-order valence-electron chi connectivity index (χ3n) is 6.64. The van der Waals surface area contributed by atoms with Crippen molar-refractivity contribution < 1.29 is 5.11 Å². The van der Waals surface area contributed by atoms with Crippen LogP contribution in [0.15, 0.2) is 53.5 Å². The molecule has 2 aliphatic rings. The lowest BCUT2D eigenvalue weighted by Gasteiger charge is -2.41. The van der Waals surface area contributed by atoms with E-state index in [0.29, 0.717) is 15.2 Å². The molecule has 2 aromatic carbocycles. The molecule has 1 heterocycles. The number of aliphatic imine (C=N–C) groups is 1. The summed E-state index contributed by atoms with van der Waals surface area (Å²) in [4.78, 5) is 7.46. The molecule has 0 aromatic heterocycles. The molecule has 2 N–H and O–H groups in total. The van der Waals surface area contributed by atoms with Crippen molar-refractivity contribution in [1.29, 1.82) is 0 Å². The van der Waals surface area contributed by atoms with E-state index in [1.165, 1.54) is 6.42 Å². The minimum atomic E-state index is -0.335. The van der Waals surface area contributed by atoms with Crippen LogP contribution in [0.5, 0.6) is 5.75 Å². The van der Waals surface area contributed by atoms with Crippen LogP contribution in [-0.4, -0.2) is 27.6 Å². The lowest BCUT2D eigenvalue weighted by atomic mass is 9.79. The van der Waals surface area contributed by atoms with Crippen LogP contribution in [0.1, 0.15) is 58.4 Å². The highest BCUT2D eigenvalue weighted by molar-refractivity contribution is 7.80. The summed E-state index contributed by atoms with van der Waals surface area (Å²) in [6, 6.07) is 12.7. The second-order valence-corrected chi connectivity index (χ2v) is 11.4. The molecule has 1 saturated carbocycles. The third-order valence-corrected chi connectivity index (χ3v) is 7.49. The Morgan fingerprint density at radius 1 is 1.12 bits per heavy atom. The number of hydrogen-bond acceptors (Lipinski definition) is 3. The smallest absolute Gasteiger partial charge is 0.179 e. The molecule has 1 saturated heterocycles. The van der Waals surface area contributed by atoms with Crippen LogP contribution in [-0.2, 0) is 0 Å². The van der Waals surface area contributed by atoms with E-state index >= 15 is 0 Å². The van der Waals surface area contributed by atoms with Crippen LogP contribution in [0.3, 0.4) is 0 Å². The number of amidine groups is 1. The van der Waals surface area contributed by atoms with Crippen LogP contribution >= 0.6 is 35.4 Å². The van der Waals surface area contributed by atoms with E-state index in [4.69, 9.17) is 40.4 Å². The Bertz CT molecular complexity index is 1130. The monoisotopic (exact) mass is 515 g/mol. The summed E-state index contributed by atoms with van der Waals surface area (Å²) in [5.41, 5.74) is 1.34. The van der Waals surface area contributed by atoms with E-state index in [0.717, 1.165) is 42.8 Å². The first-order valence-electron chi connectivity index (χ1n) is 11.7. The van der Waals surface area contributed by atoms with Gasteiger partial charge in [0.15, 0.2) is 5.11 Å². The number of anilines is 1. The van der Waals surface area contributed by atoms with Crippen molar-refractivity contribution in [3.8, 4) is 5.75 Å². The number of phenolic OH excluding ortho intramolecular Hbond substituents is 1. The lowest BCUT2D eigenvalue weighted by molar-refractivity contribution is 0.357. The van der Waals surface area contributed by atoms with Gasteiger partial charge in [-0.25, -0.2) is 0 Å². The maximum absolute atomic E-state index is 10.1. The molecule has 1 spiro atoms. The number of hydrogen-bond donors (Lipinski definition) is 2. The van der Waals surface area contributed by atoms with Crippen molar-refractivity contribution >= 4 is 58.1 Å². The Morgan fingerprint density at radius 2 is 1.85 bits per heavy atom. The number of aromatic hydroxyl groups is 1. The first-order chi connectivity index (χ1) is 16.1.